The highest BCUT2D eigenvalue weighted by Crippen LogP contribution is 2.26. The van der Waals surface area contributed by atoms with Gasteiger partial charge in [-0.3, -0.25) is 0 Å². The SMILES string of the molecule is CCc1cccc(CC)c1NC(C)(C)C(=O)O. The van der Waals surface area contributed by atoms with E-state index in [2.05, 4.69) is 19.2 Å². The highest BCUT2D eigenvalue weighted by Gasteiger charge is 2.28. The predicted octanol–water partition coefficient (Wildman–Crippen LogP) is 3.09. The minimum atomic E-state index is -0.949. The summed E-state index contributed by atoms with van der Waals surface area (Å²) in [7, 11) is 0. The summed E-state index contributed by atoms with van der Waals surface area (Å²) < 4.78 is 0. The first kappa shape index (κ1) is 13.6. The van der Waals surface area contributed by atoms with Crippen LogP contribution in [-0.2, 0) is 17.6 Å². The van der Waals surface area contributed by atoms with Crippen LogP contribution in [0.3, 0.4) is 0 Å². The van der Waals surface area contributed by atoms with Crippen LogP contribution >= 0.6 is 0 Å². The Bertz CT molecular complexity index is 388. The number of carbonyl (C=O) groups is 1. The number of hydrogen-bond acceptors (Lipinski definition) is 2. The van der Waals surface area contributed by atoms with E-state index in [1.54, 1.807) is 13.8 Å². The molecule has 0 bridgehead atoms. The maximum Gasteiger partial charge on any atom is 0.328 e. The molecule has 0 heterocycles. The Balaban J connectivity index is 3.16. The Morgan fingerprint density at radius 1 is 1.24 bits per heavy atom. The number of carboxylic acid groups (broad SMARTS) is 1. The van der Waals surface area contributed by atoms with Gasteiger partial charge >= 0.3 is 5.97 Å². The normalized spacial score (nSPS) is 11.3. The van der Waals surface area contributed by atoms with Gasteiger partial charge in [-0.1, -0.05) is 32.0 Å². The number of benzene rings is 1. The molecule has 0 amide bonds. The predicted molar refractivity (Wildman–Crippen MR) is 70.5 cm³/mol. The molecule has 2 N–H and O–H groups in total. The van der Waals surface area contributed by atoms with Crippen LogP contribution in [0.4, 0.5) is 5.69 Å². The average Bonchev–Trinajstić information content (AvgIpc) is 2.28. The Morgan fingerprint density at radius 3 is 2.06 bits per heavy atom. The number of para-hydroxylation sites is 1. The van der Waals surface area contributed by atoms with Crippen LogP contribution in [0.15, 0.2) is 18.2 Å². The molecule has 0 aromatic heterocycles. The first-order valence-corrected chi connectivity index (χ1v) is 6.04. The van der Waals surface area contributed by atoms with Gasteiger partial charge in [-0.15, -0.1) is 0 Å². The standard InChI is InChI=1S/C14H21NO2/c1-5-10-8-7-9-11(6-2)12(10)15-14(3,4)13(16)17/h7-9,15H,5-6H2,1-4H3,(H,16,17). The number of carboxylic acids is 1. The summed E-state index contributed by atoms with van der Waals surface area (Å²) in [5.41, 5.74) is 2.36. The smallest absolute Gasteiger partial charge is 0.328 e. The first-order chi connectivity index (χ1) is 7.92. The minimum Gasteiger partial charge on any atom is -0.480 e. The fourth-order valence-electron chi connectivity index (χ4n) is 1.77. The molecule has 0 aliphatic rings. The van der Waals surface area contributed by atoms with Gasteiger partial charge in [0, 0.05) is 5.69 Å². The lowest BCUT2D eigenvalue weighted by atomic mass is 9.99. The van der Waals surface area contributed by atoms with Crippen LogP contribution < -0.4 is 5.32 Å². The van der Waals surface area contributed by atoms with Gasteiger partial charge in [-0.25, -0.2) is 4.79 Å². The molecule has 94 valence electrons. The van der Waals surface area contributed by atoms with E-state index >= 15 is 0 Å². The summed E-state index contributed by atoms with van der Waals surface area (Å²) >= 11 is 0. The molecule has 0 radical (unpaired) electrons. The Labute approximate surface area is 103 Å². The van der Waals surface area contributed by atoms with Crippen molar-refractivity contribution < 1.29 is 9.90 Å². The molecule has 3 heteroatoms. The van der Waals surface area contributed by atoms with Crippen LogP contribution in [0, 0.1) is 0 Å². The van der Waals surface area contributed by atoms with Crippen molar-refractivity contribution in [3.8, 4) is 0 Å². The number of anilines is 1. The molecular formula is C14H21NO2. The van der Waals surface area contributed by atoms with Crippen molar-refractivity contribution in [1.29, 1.82) is 0 Å². The average molecular weight is 235 g/mol. The molecule has 1 rings (SSSR count). The Hall–Kier alpha value is -1.51. The number of rotatable bonds is 5. The molecule has 0 aliphatic heterocycles. The van der Waals surface area contributed by atoms with Gasteiger partial charge in [0.05, 0.1) is 0 Å². The van der Waals surface area contributed by atoms with Crippen molar-refractivity contribution in [3.63, 3.8) is 0 Å². The second-order valence-electron chi connectivity index (χ2n) is 4.71. The van der Waals surface area contributed by atoms with E-state index in [9.17, 15) is 4.79 Å². The lowest BCUT2D eigenvalue weighted by molar-refractivity contribution is -0.141. The van der Waals surface area contributed by atoms with Gasteiger partial charge in [0.1, 0.15) is 5.54 Å². The van der Waals surface area contributed by atoms with Gasteiger partial charge in [0.15, 0.2) is 0 Å². The number of aryl methyl sites for hydroxylation is 2. The first-order valence-electron chi connectivity index (χ1n) is 6.04. The van der Waals surface area contributed by atoms with E-state index in [0.29, 0.717) is 0 Å². The zero-order chi connectivity index (χ0) is 13.1. The summed E-state index contributed by atoms with van der Waals surface area (Å²) in [6, 6.07) is 6.11. The van der Waals surface area contributed by atoms with Crippen LogP contribution in [0.1, 0.15) is 38.8 Å². The third-order valence-electron chi connectivity index (χ3n) is 2.97. The van der Waals surface area contributed by atoms with Crippen molar-refractivity contribution in [2.45, 2.75) is 46.1 Å². The van der Waals surface area contributed by atoms with Gasteiger partial charge in [0.2, 0.25) is 0 Å². The van der Waals surface area contributed by atoms with Gasteiger partial charge in [-0.05, 0) is 37.8 Å². The quantitative estimate of drug-likeness (QED) is 0.824. The van der Waals surface area contributed by atoms with Crippen molar-refractivity contribution in [2.75, 3.05) is 5.32 Å². The molecule has 0 unspecified atom stereocenters. The van der Waals surface area contributed by atoms with Gasteiger partial charge < -0.3 is 10.4 Å². The number of aliphatic carboxylic acids is 1. The molecule has 3 nitrogen and oxygen atoms in total. The highest BCUT2D eigenvalue weighted by molar-refractivity contribution is 5.82. The molecule has 0 saturated heterocycles. The zero-order valence-electron chi connectivity index (χ0n) is 11.0. The number of nitrogens with one attached hydrogen (secondary N) is 1. The molecule has 0 aliphatic carbocycles. The molecule has 0 atom stereocenters. The minimum absolute atomic E-state index is 0.842. The second-order valence-corrected chi connectivity index (χ2v) is 4.71. The van der Waals surface area contributed by atoms with E-state index in [1.165, 1.54) is 11.1 Å². The third-order valence-corrected chi connectivity index (χ3v) is 2.97. The molecule has 0 fully saturated rings. The Kier molecular flexibility index (Phi) is 4.16. The van der Waals surface area contributed by atoms with Crippen molar-refractivity contribution >= 4 is 11.7 Å². The summed E-state index contributed by atoms with van der Waals surface area (Å²) in [6.45, 7) is 7.52. The molecule has 1 aromatic carbocycles. The molecule has 0 spiro atoms. The summed E-state index contributed by atoms with van der Waals surface area (Å²) in [5, 5.41) is 12.3. The van der Waals surface area contributed by atoms with Gasteiger partial charge in [0.25, 0.3) is 0 Å². The maximum absolute atomic E-state index is 11.2. The molecule has 1 aromatic rings. The molecule has 17 heavy (non-hydrogen) atoms. The van der Waals surface area contributed by atoms with Crippen LogP contribution in [-0.4, -0.2) is 16.6 Å². The monoisotopic (exact) mass is 235 g/mol. The summed E-state index contributed by atoms with van der Waals surface area (Å²) in [5.74, 6) is -0.842. The van der Waals surface area contributed by atoms with Crippen LogP contribution in [0.5, 0.6) is 0 Å². The van der Waals surface area contributed by atoms with E-state index in [0.717, 1.165) is 18.5 Å². The van der Waals surface area contributed by atoms with Crippen LogP contribution in [0.25, 0.3) is 0 Å². The Morgan fingerprint density at radius 2 is 1.71 bits per heavy atom. The van der Waals surface area contributed by atoms with Crippen molar-refractivity contribution in [3.05, 3.63) is 29.3 Å². The van der Waals surface area contributed by atoms with Crippen molar-refractivity contribution in [1.82, 2.24) is 0 Å². The number of hydrogen-bond donors (Lipinski definition) is 2. The zero-order valence-corrected chi connectivity index (χ0v) is 11.0. The topological polar surface area (TPSA) is 49.3 Å². The second kappa shape index (κ2) is 5.21. The van der Waals surface area contributed by atoms with E-state index < -0.39 is 11.5 Å². The molecule has 0 saturated carbocycles. The fourth-order valence-corrected chi connectivity index (χ4v) is 1.77. The largest absolute Gasteiger partial charge is 0.480 e. The van der Waals surface area contributed by atoms with E-state index in [1.807, 2.05) is 18.2 Å². The lowest BCUT2D eigenvalue weighted by Gasteiger charge is -2.26. The maximum atomic E-state index is 11.2. The van der Waals surface area contributed by atoms with Crippen LogP contribution in [0.2, 0.25) is 0 Å². The fraction of sp³-hybridized carbons (Fsp3) is 0.500. The van der Waals surface area contributed by atoms with E-state index in [4.69, 9.17) is 5.11 Å². The third kappa shape index (κ3) is 2.99. The van der Waals surface area contributed by atoms with Crippen molar-refractivity contribution in [2.24, 2.45) is 0 Å². The molecular weight excluding hydrogens is 214 g/mol. The summed E-state index contributed by atoms with van der Waals surface area (Å²) in [4.78, 5) is 11.2. The van der Waals surface area contributed by atoms with E-state index in [-0.39, 0.29) is 0 Å². The summed E-state index contributed by atoms with van der Waals surface area (Å²) in [6.07, 6.45) is 1.79. The van der Waals surface area contributed by atoms with Gasteiger partial charge in [-0.2, -0.15) is 0 Å². The highest BCUT2D eigenvalue weighted by atomic mass is 16.4. The lowest BCUT2D eigenvalue weighted by Crippen LogP contribution is -2.40.